The van der Waals surface area contributed by atoms with Crippen LogP contribution in [0.25, 0.3) is 0 Å². The molecule has 0 saturated carbocycles. The predicted molar refractivity (Wildman–Crippen MR) is 681 cm³/mol. The van der Waals surface area contributed by atoms with Gasteiger partial charge in [0.05, 0.1) is 98.9 Å². The van der Waals surface area contributed by atoms with Gasteiger partial charge in [-0.15, -0.1) is 6.42 Å². The number of carbonyl (C=O) groups is 6. The number of amides is 6. The molecule has 42 heteroatoms. The number of nitrogens with zero attached hydrogens (tertiary/aromatic N) is 10. The molecule has 8 aromatic carbocycles. The molecular weight excluding hydrogens is 2970 g/mol. The van der Waals surface area contributed by atoms with Gasteiger partial charge in [0.15, 0.2) is 5.15 Å². The summed E-state index contributed by atoms with van der Waals surface area (Å²) in [5, 5.41) is 5.55. The topological polar surface area (TPSA) is 435 Å². The maximum absolute atomic E-state index is 12.0. The molecule has 0 aliphatic heterocycles. The first-order chi connectivity index (χ1) is 68.2. The molecule has 13 rings (SSSR count). The Hall–Kier alpha value is -6.89. The summed E-state index contributed by atoms with van der Waals surface area (Å²) < 4.78 is 5.33. The molecule has 148 heavy (non-hydrogen) atoms. The van der Waals surface area contributed by atoms with Crippen LogP contribution in [0.3, 0.4) is 0 Å². The van der Waals surface area contributed by atoms with E-state index in [1.807, 2.05) is 180 Å². The minimum Gasteiger partial charge on any atom is -0.369 e. The van der Waals surface area contributed by atoms with E-state index >= 15 is 0 Å². The summed E-state index contributed by atoms with van der Waals surface area (Å²) in [5.41, 5.74) is 55.1. The Morgan fingerprint density at radius 2 is 0.716 bits per heavy atom. The van der Waals surface area contributed by atoms with Gasteiger partial charge in [0.2, 0.25) is 45.4 Å². The second kappa shape index (κ2) is 72.7. The molecule has 0 spiro atoms. The van der Waals surface area contributed by atoms with Crippen molar-refractivity contribution in [1.82, 2.24) is 55.2 Å². The summed E-state index contributed by atoms with van der Waals surface area (Å²) in [5.74, 6) is 8.40. The molecular formula is C106H119Cl9I8N18O7. The Kier molecular flexibility index (Phi) is 67.4. The predicted octanol–water partition coefficient (Wildman–Crippen LogP) is 28.6. The summed E-state index contributed by atoms with van der Waals surface area (Å²) in [7, 11) is -0.942. The number of nitrogen functional groups attached to an aromatic ring is 1. The number of anilines is 1. The molecule has 0 bridgehead atoms. The van der Waals surface area contributed by atoms with E-state index in [-0.39, 0.29) is 142 Å². The van der Waals surface area contributed by atoms with Crippen LogP contribution in [0.4, 0.5) is 10.5 Å². The summed E-state index contributed by atoms with van der Waals surface area (Å²) in [6, 6.07) is 61.7. The molecule has 0 saturated heterocycles. The standard InChI is InChI=1S/C28H33ClN4O3.C23H25ClN4O.C14H13Cl2N3O.C14H9Cl2N3O.C10H9NO.C9H13N.C4HCl3N2.4CH4.I8/c1-18(32-27(35)36-28(2,3)4)20-11-9-19(10-12-20)15-26-31-17-23(29)24(33-26)14-13-21-7-5-6-8-22(21)16-25(30)34;1-15(25)17-8-6-16(7-9-17)12-23-27-14-20(24)21(28-23)11-10-18-4-2-3-5-19(18)13-22(26)29;2*15-11-8-18-14(16)19-12(11)6-5-9-3-1-2-4-10(9)7-13(17)20;1-2-8-5-3-4-6-9(8)7-10(11)12;1-7(2)8-3-5-9(10)6-4-8;5-2-1-8-4(7)9-3(2)6;;;;;1-6(2)8(5)7(3)4/h5-12,17-18H,13-16H2,1-4H3,(H2,30,34)(H,32,35);2-9,14-15H,10-13,25H2,1H3,(H2,26,29);1-4,8H,5-7H2,(H2,17,20);1-4,8H,7H2,(H2,17,20);1,3-6H,7H2,(H2,11,12);3-7H,10H2,1-2H3;1H;4*1H4;. The number of terminal acetylenes is 1. The van der Waals surface area contributed by atoms with Crippen molar-refractivity contribution in [3.8, 4) is 24.2 Å². The van der Waals surface area contributed by atoms with E-state index in [9.17, 15) is 28.8 Å². The molecule has 25 nitrogen and oxygen atoms in total. The average molecular weight is 3090 g/mol. The third-order valence-electron chi connectivity index (χ3n) is 19.7. The average Bonchev–Trinajstić information content (AvgIpc) is 0.845. The van der Waals surface area contributed by atoms with Gasteiger partial charge in [0, 0.05) is 48.1 Å². The Morgan fingerprint density at radius 1 is 0.392 bits per heavy atom. The summed E-state index contributed by atoms with van der Waals surface area (Å²) in [6.45, 7) is 13.7. The van der Waals surface area contributed by atoms with Crippen LogP contribution < -0.4 is 45.5 Å². The fraction of sp³-hybridized carbons (Fsp3) is 0.264. The van der Waals surface area contributed by atoms with Crippen molar-refractivity contribution in [1.29, 1.82) is 0 Å². The van der Waals surface area contributed by atoms with Crippen molar-refractivity contribution < 1.29 is 33.5 Å². The Bertz CT molecular complexity index is 6530. The number of nitrogens with one attached hydrogen (secondary N) is 1. The van der Waals surface area contributed by atoms with E-state index in [2.05, 4.69) is 199 Å². The number of primary amides is 5. The van der Waals surface area contributed by atoms with Crippen LogP contribution in [-0.4, -0.2) is 91.1 Å². The Morgan fingerprint density at radius 3 is 1.07 bits per heavy atom. The molecule has 2 unspecified atom stereocenters. The largest absolute Gasteiger partial charge is 0.369 e. The van der Waals surface area contributed by atoms with Crippen LogP contribution >= 0.6 is 221 Å². The molecule has 0 radical (unpaired) electrons. The number of halogens is 17. The monoisotopic (exact) mass is 3090 g/mol. The number of hydrogen-bond donors (Lipinski definition) is 8. The van der Waals surface area contributed by atoms with Crippen molar-refractivity contribution in [2.45, 2.75) is 185 Å². The zero-order chi connectivity index (χ0) is 106. The maximum Gasteiger partial charge on any atom is 0.223 e. The van der Waals surface area contributed by atoms with Gasteiger partial charge in [0.1, 0.15) is 22.9 Å². The number of benzene rings is 8. The first-order valence-electron chi connectivity index (χ1n) is 43.4. The van der Waals surface area contributed by atoms with E-state index in [1.54, 1.807) is 36.7 Å². The molecule has 2 atom stereocenters. The molecule has 0 aliphatic carbocycles. The fourth-order valence-electron chi connectivity index (χ4n) is 12.8. The normalized spacial score (nSPS) is 10.9. The maximum atomic E-state index is 12.0. The number of aryl methyl sites for hydroxylation is 6. The van der Waals surface area contributed by atoms with E-state index in [4.69, 9.17) is 161 Å². The van der Waals surface area contributed by atoms with Crippen LogP contribution in [0.15, 0.2) is 225 Å². The Labute approximate surface area is 976 Å². The minimum atomic E-state index is -0.544. The van der Waals surface area contributed by atoms with Crippen LogP contribution in [-0.2, 0) is 112 Å². The zero-order valence-corrected chi connectivity index (χ0v) is 103. The van der Waals surface area contributed by atoms with Gasteiger partial charge in [-0.1, -0.05) is 295 Å². The number of rotatable bonds is 29. The number of nitrogens with two attached hydrogens (primary N) is 7. The van der Waals surface area contributed by atoms with Crippen LogP contribution in [0.1, 0.15) is 214 Å². The molecule has 15 N–H and O–H groups in total. The third-order valence-corrected chi connectivity index (χ3v) is 353. The first kappa shape index (κ1) is 137. The summed E-state index contributed by atoms with van der Waals surface area (Å²) in [6.07, 6.45) is 18.5. The van der Waals surface area contributed by atoms with Gasteiger partial charge in [-0.05, 0) is 216 Å². The van der Waals surface area contributed by atoms with Crippen LogP contribution in [0.2, 0.25) is 46.1 Å². The van der Waals surface area contributed by atoms with Crippen molar-refractivity contribution in [3.63, 3.8) is 0 Å². The molecule has 794 valence electrons. The van der Waals surface area contributed by atoms with E-state index in [0.29, 0.717) is 98.8 Å². The van der Waals surface area contributed by atoms with E-state index < -0.39 is 17.6 Å². The second-order valence-corrected chi connectivity index (χ2v) is 182. The molecule has 5 heterocycles. The molecule has 6 amide bonds. The van der Waals surface area contributed by atoms with Gasteiger partial charge in [-0.25, -0.2) is 54.6 Å². The first-order valence-corrected chi connectivity index (χ1v) is 90.8. The SMILES string of the molecule is C.C.C.C.C#Cc1ccccc1CC(N)=O.CC(C)c1ccc(N)cc1.CC(N)c1ccc(Cc2ncc(Cl)c(CCc3ccccc3CC(N)=O)n2)cc1.CC(NC(=O)OC(C)(C)C)c1ccc(Cc2ncc(Cl)c(CCc3ccccc3CC(N)=O)n2)cc1.Clc1ncc(Cl)c(Cl)n1.II(I)I(I)I(I)I.NC(=O)Cc1ccccc1C#Cc1nc(Cl)ncc1Cl.NC(=O)Cc1ccccc1CCc1nc(Cl)ncc1Cl. The fourth-order valence-corrected chi connectivity index (χ4v) is 433. The number of hydrogen-bond acceptors (Lipinski definition) is 19. The van der Waals surface area contributed by atoms with Crippen molar-refractivity contribution in [2.24, 2.45) is 34.4 Å². The zero-order valence-electron chi connectivity index (χ0n) is 78.7. The number of ether oxygens (including phenoxy) is 1. The summed E-state index contributed by atoms with van der Waals surface area (Å²) in [4.78, 5) is 108. The van der Waals surface area contributed by atoms with Gasteiger partial charge >= 0.3 is 123 Å². The van der Waals surface area contributed by atoms with E-state index in [0.717, 1.165) is 102 Å². The third kappa shape index (κ3) is 53.8. The van der Waals surface area contributed by atoms with Crippen LogP contribution in [0, 0.1) is 24.2 Å². The molecule has 0 fully saturated rings. The van der Waals surface area contributed by atoms with E-state index in [1.165, 1.54) is 24.2 Å². The number of aromatic nitrogens is 10. The number of carbonyl (C=O) groups excluding carboxylic acids is 6. The Balaban J connectivity index is 0.000000598. The molecule has 0 aliphatic rings. The van der Waals surface area contributed by atoms with Crippen molar-refractivity contribution in [3.05, 3.63) is 389 Å². The second-order valence-electron chi connectivity index (χ2n) is 32.2. The van der Waals surface area contributed by atoms with Gasteiger partial charge in [0.25, 0.3) is 0 Å². The van der Waals surface area contributed by atoms with Crippen molar-refractivity contribution in [2.75, 3.05) is 5.73 Å². The minimum absolute atomic E-state index is 0. The van der Waals surface area contributed by atoms with Gasteiger partial charge in [-0.2, -0.15) is 0 Å². The summed E-state index contributed by atoms with van der Waals surface area (Å²) >= 11 is 66.0. The van der Waals surface area contributed by atoms with Gasteiger partial charge < -0.3 is 50.2 Å². The smallest absolute Gasteiger partial charge is 0.223 e. The molecule has 13 aromatic rings. The van der Waals surface area contributed by atoms with Crippen LogP contribution in [0.5, 0.6) is 0 Å². The quantitative estimate of drug-likeness (QED) is 0.00709. The van der Waals surface area contributed by atoms with Gasteiger partial charge in [-0.3, -0.25) is 24.0 Å². The number of alkyl carbamates (subject to hydrolysis) is 1. The van der Waals surface area contributed by atoms with Crippen molar-refractivity contribution >= 4 is 262 Å². The molecule has 5 aromatic heterocycles.